The van der Waals surface area contributed by atoms with Crippen molar-refractivity contribution in [1.82, 2.24) is 5.32 Å². The lowest BCUT2D eigenvalue weighted by Gasteiger charge is -2.15. The van der Waals surface area contributed by atoms with Crippen LogP contribution in [0.2, 0.25) is 0 Å². The lowest BCUT2D eigenvalue weighted by molar-refractivity contribution is -0.132. The zero-order valence-electron chi connectivity index (χ0n) is 11.4. The van der Waals surface area contributed by atoms with Crippen molar-refractivity contribution in [3.8, 4) is 0 Å². The highest BCUT2D eigenvalue weighted by atomic mass is 19.1. The molecule has 0 saturated heterocycles. The Hall–Kier alpha value is -1.95. The van der Waals surface area contributed by atoms with Crippen LogP contribution in [0.15, 0.2) is 29.4 Å². The zero-order valence-corrected chi connectivity index (χ0v) is 11.4. The summed E-state index contributed by atoms with van der Waals surface area (Å²) in [7, 11) is 1.56. The van der Waals surface area contributed by atoms with Gasteiger partial charge in [0.05, 0.1) is 12.3 Å². The molecule has 108 valence electrons. The lowest BCUT2D eigenvalue weighted by Crippen LogP contribution is -2.42. The molecule has 20 heavy (non-hydrogen) atoms. The molecule has 2 rings (SSSR count). The number of oxime groups is 1. The van der Waals surface area contributed by atoms with E-state index in [0.717, 1.165) is 0 Å². The van der Waals surface area contributed by atoms with Gasteiger partial charge in [-0.05, 0) is 13.0 Å². The zero-order chi connectivity index (χ0) is 14.5. The first kappa shape index (κ1) is 14.5. The van der Waals surface area contributed by atoms with Gasteiger partial charge < -0.3 is 14.9 Å². The van der Waals surface area contributed by atoms with E-state index in [4.69, 9.17) is 9.57 Å². The van der Waals surface area contributed by atoms with Crippen LogP contribution in [0.5, 0.6) is 0 Å². The van der Waals surface area contributed by atoms with Crippen molar-refractivity contribution in [2.45, 2.75) is 25.5 Å². The Morgan fingerprint density at radius 2 is 2.35 bits per heavy atom. The molecule has 0 saturated carbocycles. The Labute approximate surface area is 116 Å². The number of hydrogen-bond donors (Lipinski definition) is 1. The van der Waals surface area contributed by atoms with Gasteiger partial charge in [0.25, 0.3) is 5.91 Å². The highest BCUT2D eigenvalue weighted by molar-refractivity contribution is 6.04. The third kappa shape index (κ3) is 3.33. The van der Waals surface area contributed by atoms with Crippen LogP contribution in [0.4, 0.5) is 4.39 Å². The molecule has 1 amide bonds. The van der Waals surface area contributed by atoms with E-state index in [1.807, 2.05) is 6.92 Å². The van der Waals surface area contributed by atoms with Crippen molar-refractivity contribution in [2.75, 3.05) is 13.7 Å². The second-order valence-electron chi connectivity index (χ2n) is 4.68. The quantitative estimate of drug-likeness (QED) is 0.888. The normalized spacial score (nSPS) is 19.1. The van der Waals surface area contributed by atoms with E-state index in [1.54, 1.807) is 25.3 Å². The van der Waals surface area contributed by atoms with Crippen molar-refractivity contribution in [3.63, 3.8) is 0 Å². The molecule has 5 nitrogen and oxygen atoms in total. The minimum Gasteiger partial charge on any atom is -0.383 e. The molecule has 0 bridgehead atoms. The third-order valence-corrected chi connectivity index (χ3v) is 2.95. The smallest absolute Gasteiger partial charge is 0.264 e. The van der Waals surface area contributed by atoms with Crippen LogP contribution in [0.25, 0.3) is 0 Å². The summed E-state index contributed by atoms with van der Waals surface area (Å²) in [4.78, 5) is 17.0. The average molecular weight is 280 g/mol. The number of carbonyl (C=O) groups is 1. The predicted octanol–water partition coefficient (Wildman–Crippen LogP) is 1.47. The first-order valence-electron chi connectivity index (χ1n) is 6.38. The number of nitrogens with zero attached hydrogens (tertiary/aromatic N) is 1. The molecule has 2 atom stereocenters. The summed E-state index contributed by atoms with van der Waals surface area (Å²) in [5, 5.41) is 6.56. The van der Waals surface area contributed by atoms with E-state index in [2.05, 4.69) is 10.5 Å². The second-order valence-corrected chi connectivity index (χ2v) is 4.68. The minimum atomic E-state index is -0.719. The molecule has 0 fully saturated rings. The number of carbonyl (C=O) groups excluding carboxylic acids is 1. The summed E-state index contributed by atoms with van der Waals surface area (Å²) < 4.78 is 18.6. The van der Waals surface area contributed by atoms with Crippen molar-refractivity contribution in [3.05, 3.63) is 35.6 Å². The lowest BCUT2D eigenvalue weighted by atomic mass is 10.0. The predicted molar refractivity (Wildman–Crippen MR) is 71.9 cm³/mol. The Kier molecular flexibility index (Phi) is 4.68. The van der Waals surface area contributed by atoms with E-state index in [1.165, 1.54) is 6.07 Å². The van der Waals surface area contributed by atoms with Gasteiger partial charge in [0.1, 0.15) is 5.82 Å². The molecule has 1 heterocycles. The molecular formula is C14H17FN2O3. The summed E-state index contributed by atoms with van der Waals surface area (Å²) >= 11 is 0. The number of amides is 1. The maximum Gasteiger partial charge on any atom is 0.264 e. The number of halogens is 1. The van der Waals surface area contributed by atoms with Gasteiger partial charge in [0, 0.05) is 25.1 Å². The van der Waals surface area contributed by atoms with Crippen LogP contribution in [0, 0.1) is 5.82 Å². The van der Waals surface area contributed by atoms with Crippen LogP contribution in [-0.4, -0.2) is 37.5 Å². The standard InChI is InChI=1S/C14H17FN2O3/c1-9(8-19-2)16-14(18)13-7-12(17-20-13)10-5-3-4-6-11(10)15/h3-6,9,13H,7-8H2,1-2H3,(H,16,18)/t9-,13+/m1/s1. The fraction of sp³-hybridized carbons (Fsp3) is 0.429. The number of rotatable bonds is 5. The van der Waals surface area contributed by atoms with Gasteiger partial charge >= 0.3 is 0 Å². The van der Waals surface area contributed by atoms with E-state index < -0.39 is 6.10 Å². The summed E-state index contributed by atoms with van der Waals surface area (Å²) in [6.07, 6.45) is -0.462. The van der Waals surface area contributed by atoms with Crippen LogP contribution in [0.3, 0.4) is 0 Å². The van der Waals surface area contributed by atoms with Crippen molar-refractivity contribution in [1.29, 1.82) is 0 Å². The van der Waals surface area contributed by atoms with E-state index >= 15 is 0 Å². The first-order chi connectivity index (χ1) is 9.61. The second kappa shape index (κ2) is 6.47. The monoisotopic (exact) mass is 280 g/mol. The molecule has 0 radical (unpaired) electrons. The van der Waals surface area contributed by atoms with Gasteiger partial charge in [0.15, 0.2) is 0 Å². The van der Waals surface area contributed by atoms with Gasteiger partial charge in [-0.25, -0.2) is 4.39 Å². The molecule has 0 unspecified atom stereocenters. The number of methoxy groups -OCH3 is 1. The van der Waals surface area contributed by atoms with Gasteiger partial charge in [-0.3, -0.25) is 4.79 Å². The van der Waals surface area contributed by atoms with E-state index in [0.29, 0.717) is 17.9 Å². The van der Waals surface area contributed by atoms with Crippen molar-refractivity contribution in [2.24, 2.45) is 5.16 Å². The number of hydrogen-bond acceptors (Lipinski definition) is 4. The fourth-order valence-corrected chi connectivity index (χ4v) is 2.00. The Balaban J connectivity index is 1.95. The SMILES string of the molecule is COC[C@@H](C)NC(=O)[C@@H]1CC(c2ccccc2F)=NO1. The van der Waals surface area contributed by atoms with Gasteiger partial charge in [-0.15, -0.1) is 0 Å². The average Bonchev–Trinajstić information content (AvgIpc) is 2.89. The Morgan fingerprint density at radius 1 is 1.60 bits per heavy atom. The van der Waals surface area contributed by atoms with E-state index in [-0.39, 0.29) is 24.2 Å². The molecule has 0 aliphatic carbocycles. The van der Waals surface area contributed by atoms with Crippen LogP contribution < -0.4 is 5.32 Å². The maximum atomic E-state index is 13.6. The number of nitrogens with one attached hydrogen (secondary N) is 1. The molecule has 0 spiro atoms. The Bertz CT molecular complexity index is 519. The fourth-order valence-electron chi connectivity index (χ4n) is 2.00. The summed E-state index contributed by atoms with van der Waals surface area (Å²) in [6, 6.07) is 6.17. The molecule has 1 aliphatic heterocycles. The molecule has 1 aliphatic rings. The topological polar surface area (TPSA) is 59.9 Å². The summed E-state index contributed by atoms with van der Waals surface area (Å²) in [5.74, 6) is -0.645. The van der Waals surface area contributed by atoms with Gasteiger partial charge in [-0.1, -0.05) is 23.4 Å². The Morgan fingerprint density at radius 3 is 3.05 bits per heavy atom. The van der Waals surface area contributed by atoms with Crippen LogP contribution in [0.1, 0.15) is 18.9 Å². The summed E-state index contributed by atoms with van der Waals surface area (Å²) in [5.41, 5.74) is 0.815. The van der Waals surface area contributed by atoms with Gasteiger partial charge in [-0.2, -0.15) is 0 Å². The molecule has 6 heteroatoms. The highest BCUT2D eigenvalue weighted by Gasteiger charge is 2.30. The molecule has 0 aromatic heterocycles. The van der Waals surface area contributed by atoms with Crippen LogP contribution in [-0.2, 0) is 14.4 Å². The summed E-state index contributed by atoms with van der Waals surface area (Å²) in [6.45, 7) is 2.24. The number of ether oxygens (including phenoxy) is 1. The maximum absolute atomic E-state index is 13.6. The third-order valence-electron chi connectivity index (χ3n) is 2.95. The molecule has 1 N–H and O–H groups in total. The number of benzene rings is 1. The molecule has 1 aromatic carbocycles. The first-order valence-corrected chi connectivity index (χ1v) is 6.38. The van der Waals surface area contributed by atoms with Gasteiger partial charge in [0.2, 0.25) is 6.10 Å². The van der Waals surface area contributed by atoms with Crippen molar-refractivity contribution < 1.29 is 18.8 Å². The molecule has 1 aromatic rings. The molecular weight excluding hydrogens is 263 g/mol. The van der Waals surface area contributed by atoms with Crippen molar-refractivity contribution >= 4 is 11.6 Å². The highest BCUT2D eigenvalue weighted by Crippen LogP contribution is 2.19. The largest absolute Gasteiger partial charge is 0.383 e. The van der Waals surface area contributed by atoms with Crippen LogP contribution >= 0.6 is 0 Å². The minimum absolute atomic E-state index is 0.117. The van der Waals surface area contributed by atoms with E-state index in [9.17, 15) is 9.18 Å².